The van der Waals surface area contributed by atoms with E-state index in [4.69, 9.17) is 9.15 Å². The molecule has 3 aliphatic rings. The van der Waals surface area contributed by atoms with Gasteiger partial charge in [-0.25, -0.2) is 9.59 Å². The van der Waals surface area contributed by atoms with Gasteiger partial charge in [0.2, 0.25) is 0 Å². The smallest absolute Gasteiger partial charge is 0.410 e. The Labute approximate surface area is 159 Å². The number of piperidine rings is 1. The Morgan fingerprint density at radius 3 is 2.78 bits per heavy atom. The topological polar surface area (TPSA) is 78.3 Å². The largest absolute Gasteiger partial charge is 0.465 e. The first-order valence-electron chi connectivity index (χ1n) is 9.82. The van der Waals surface area contributed by atoms with Crippen LogP contribution in [0.25, 0.3) is 0 Å². The maximum atomic E-state index is 12.5. The third-order valence-electron chi connectivity index (χ3n) is 5.83. The molecule has 3 fully saturated rings. The van der Waals surface area contributed by atoms with Gasteiger partial charge in [0.25, 0.3) is 0 Å². The molecule has 0 radical (unpaired) electrons. The Morgan fingerprint density at radius 1 is 1.22 bits per heavy atom. The summed E-state index contributed by atoms with van der Waals surface area (Å²) in [6.07, 6.45) is 1.91. The fourth-order valence-electron chi connectivity index (χ4n) is 4.16. The van der Waals surface area contributed by atoms with Gasteiger partial charge >= 0.3 is 12.1 Å². The zero-order valence-corrected chi connectivity index (χ0v) is 15.9. The number of ether oxygens (including phenoxy) is 1. The number of aryl methyl sites for hydroxylation is 1. The van der Waals surface area contributed by atoms with Gasteiger partial charge in [-0.3, -0.25) is 9.80 Å². The second-order valence-electron chi connectivity index (χ2n) is 7.79. The van der Waals surface area contributed by atoms with Crippen molar-refractivity contribution in [2.24, 2.45) is 5.92 Å². The lowest BCUT2D eigenvalue weighted by Crippen LogP contribution is -2.56. The van der Waals surface area contributed by atoms with Crippen molar-refractivity contribution in [3.63, 3.8) is 0 Å². The molecule has 0 unspecified atom stereocenters. The van der Waals surface area contributed by atoms with E-state index in [1.807, 2.05) is 19.1 Å². The zero-order valence-electron chi connectivity index (χ0n) is 15.9. The maximum Gasteiger partial charge on any atom is 0.410 e. The molecule has 4 rings (SSSR count). The van der Waals surface area contributed by atoms with E-state index in [1.165, 1.54) is 0 Å². The van der Waals surface area contributed by atoms with Crippen molar-refractivity contribution in [1.29, 1.82) is 0 Å². The summed E-state index contributed by atoms with van der Waals surface area (Å²) in [5, 5.41) is 3.09. The van der Waals surface area contributed by atoms with Crippen LogP contribution in [0.15, 0.2) is 16.5 Å². The molecule has 0 spiro atoms. The number of carbonyl (C=O) groups excluding carboxylic acids is 2. The van der Waals surface area contributed by atoms with Crippen LogP contribution < -0.4 is 5.32 Å². The summed E-state index contributed by atoms with van der Waals surface area (Å²) in [5.41, 5.74) is 0. The van der Waals surface area contributed by atoms with Crippen molar-refractivity contribution >= 4 is 12.1 Å². The van der Waals surface area contributed by atoms with Crippen LogP contribution >= 0.6 is 0 Å². The molecule has 8 heteroatoms. The first-order chi connectivity index (χ1) is 13.1. The van der Waals surface area contributed by atoms with Gasteiger partial charge in [-0.1, -0.05) is 0 Å². The third kappa shape index (κ3) is 4.21. The molecule has 1 N–H and O–H groups in total. The Kier molecular flexibility index (Phi) is 5.24. The number of piperazine rings is 1. The van der Waals surface area contributed by atoms with Gasteiger partial charge in [-0.2, -0.15) is 0 Å². The number of nitrogens with zero attached hydrogens (tertiary/aromatic N) is 3. The van der Waals surface area contributed by atoms with E-state index in [1.54, 1.807) is 9.80 Å². The summed E-state index contributed by atoms with van der Waals surface area (Å²) in [5.74, 6) is 2.49. The molecule has 1 aromatic rings. The Hall–Kier alpha value is -2.22. The molecular formula is C19H28N4O4. The van der Waals surface area contributed by atoms with Crippen LogP contribution in [-0.2, 0) is 11.3 Å². The fourth-order valence-corrected chi connectivity index (χ4v) is 4.16. The summed E-state index contributed by atoms with van der Waals surface area (Å²) in [6.45, 7) is 7.66. The van der Waals surface area contributed by atoms with E-state index >= 15 is 0 Å². The van der Waals surface area contributed by atoms with E-state index in [0.29, 0.717) is 38.7 Å². The molecule has 0 aromatic carbocycles. The molecule has 3 amide bonds. The number of hydrogen-bond donors (Lipinski definition) is 1. The molecule has 148 valence electrons. The van der Waals surface area contributed by atoms with E-state index in [-0.39, 0.29) is 18.2 Å². The number of hydrogen-bond acceptors (Lipinski definition) is 5. The molecule has 0 aliphatic carbocycles. The number of cyclic esters (lactones) is 1. The highest BCUT2D eigenvalue weighted by molar-refractivity contribution is 5.75. The Bertz CT molecular complexity index is 683. The van der Waals surface area contributed by atoms with Crippen molar-refractivity contribution in [2.45, 2.75) is 32.4 Å². The van der Waals surface area contributed by atoms with Crippen molar-refractivity contribution in [3.8, 4) is 0 Å². The van der Waals surface area contributed by atoms with Gasteiger partial charge in [0.15, 0.2) is 0 Å². The average molecular weight is 376 g/mol. The fraction of sp³-hybridized carbons (Fsp3) is 0.684. The highest BCUT2D eigenvalue weighted by atomic mass is 16.6. The van der Waals surface area contributed by atoms with Crippen LogP contribution in [-0.4, -0.2) is 78.7 Å². The third-order valence-corrected chi connectivity index (χ3v) is 5.83. The monoisotopic (exact) mass is 376 g/mol. The Morgan fingerprint density at radius 2 is 2.04 bits per heavy atom. The van der Waals surface area contributed by atoms with Crippen LogP contribution in [0.2, 0.25) is 0 Å². The first kappa shape index (κ1) is 18.2. The minimum atomic E-state index is -0.253. The summed E-state index contributed by atoms with van der Waals surface area (Å²) in [7, 11) is 0. The van der Waals surface area contributed by atoms with E-state index < -0.39 is 0 Å². The standard InChI is InChI=1S/C19H28N4O4/c1-14-2-3-17(27-14)12-21-6-4-15(5-7-21)10-20-18(24)22-8-9-23-16(11-22)13-26-19(23)25/h2-3,15-16H,4-13H2,1H3,(H,20,24)/t16-/m0/s1. The molecule has 1 aromatic heterocycles. The van der Waals surface area contributed by atoms with E-state index in [2.05, 4.69) is 10.2 Å². The SMILES string of the molecule is Cc1ccc(CN2CCC(CNC(=O)N3CCN4C(=O)OC[C@@H]4C3)CC2)o1. The number of likely N-dealkylation sites (tertiary alicyclic amines) is 1. The van der Waals surface area contributed by atoms with Crippen LogP contribution in [0.3, 0.4) is 0 Å². The van der Waals surface area contributed by atoms with Crippen LogP contribution in [0.1, 0.15) is 24.4 Å². The predicted molar refractivity (Wildman–Crippen MR) is 98.3 cm³/mol. The summed E-state index contributed by atoms with van der Waals surface area (Å²) >= 11 is 0. The zero-order chi connectivity index (χ0) is 18.8. The molecule has 27 heavy (non-hydrogen) atoms. The van der Waals surface area contributed by atoms with Crippen LogP contribution in [0.5, 0.6) is 0 Å². The van der Waals surface area contributed by atoms with Crippen LogP contribution in [0.4, 0.5) is 9.59 Å². The lowest BCUT2D eigenvalue weighted by Gasteiger charge is -2.36. The number of furan rings is 1. The molecule has 8 nitrogen and oxygen atoms in total. The van der Waals surface area contributed by atoms with Crippen molar-refractivity contribution in [2.75, 3.05) is 45.9 Å². The second kappa shape index (κ2) is 7.80. The van der Waals surface area contributed by atoms with Gasteiger partial charge in [0, 0.05) is 26.2 Å². The van der Waals surface area contributed by atoms with Gasteiger partial charge in [-0.15, -0.1) is 0 Å². The highest BCUT2D eigenvalue weighted by Gasteiger charge is 2.38. The lowest BCUT2D eigenvalue weighted by molar-refractivity contribution is 0.124. The molecule has 0 saturated carbocycles. The van der Waals surface area contributed by atoms with Gasteiger partial charge in [0.05, 0.1) is 12.6 Å². The summed E-state index contributed by atoms with van der Waals surface area (Å²) < 4.78 is 10.7. The molecule has 1 atom stereocenters. The average Bonchev–Trinajstić information content (AvgIpc) is 3.26. The number of carbonyl (C=O) groups is 2. The number of amides is 3. The number of nitrogens with one attached hydrogen (secondary N) is 1. The molecule has 0 bridgehead atoms. The highest BCUT2D eigenvalue weighted by Crippen LogP contribution is 2.20. The first-order valence-corrected chi connectivity index (χ1v) is 9.82. The van der Waals surface area contributed by atoms with Crippen molar-refractivity contribution in [3.05, 3.63) is 23.7 Å². The van der Waals surface area contributed by atoms with Crippen molar-refractivity contribution in [1.82, 2.24) is 20.0 Å². The lowest BCUT2D eigenvalue weighted by atomic mass is 9.97. The number of fused-ring (bicyclic) bond motifs is 1. The normalized spacial score (nSPS) is 24.0. The molecule has 3 saturated heterocycles. The maximum absolute atomic E-state index is 12.5. The van der Waals surface area contributed by atoms with Gasteiger partial charge in [-0.05, 0) is 50.9 Å². The van der Waals surface area contributed by atoms with Gasteiger partial charge in [0.1, 0.15) is 18.1 Å². The summed E-state index contributed by atoms with van der Waals surface area (Å²) in [4.78, 5) is 29.9. The van der Waals surface area contributed by atoms with E-state index in [9.17, 15) is 9.59 Å². The minimum absolute atomic E-state index is 0.00507. The van der Waals surface area contributed by atoms with Gasteiger partial charge < -0.3 is 19.4 Å². The van der Waals surface area contributed by atoms with E-state index in [0.717, 1.165) is 44.0 Å². The number of urea groups is 1. The van der Waals surface area contributed by atoms with Crippen molar-refractivity contribution < 1.29 is 18.7 Å². The number of rotatable bonds is 4. The molecule has 3 aliphatic heterocycles. The summed E-state index contributed by atoms with van der Waals surface area (Å²) in [6, 6.07) is 4.03. The predicted octanol–water partition coefficient (Wildman–Crippen LogP) is 1.65. The Balaban J connectivity index is 1.17. The quantitative estimate of drug-likeness (QED) is 0.864. The minimum Gasteiger partial charge on any atom is -0.465 e. The molecule has 4 heterocycles. The van der Waals surface area contributed by atoms with Crippen LogP contribution in [0, 0.1) is 12.8 Å². The molecular weight excluding hydrogens is 348 g/mol. The second-order valence-corrected chi connectivity index (χ2v) is 7.79.